The maximum absolute atomic E-state index is 5.72. The molecule has 0 unspecified atom stereocenters. The van der Waals surface area contributed by atoms with Gasteiger partial charge >= 0.3 is 0 Å². The van der Waals surface area contributed by atoms with Crippen molar-refractivity contribution in [3.63, 3.8) is 0 Å². The summed E-state index contributed by atoms with van der Waals surface area (Å²) in [6.07, 6.45) is 8.35. The minimum absolute atomic E-state index is 0.693. The number of nitrogens with two attached hydrogens (primary N) is 2. The van der Waals surface area contributed by atoms with Crippen LogP contribution in [0.25, 0.3) is 0 Å². The third-order valence-corrected chi connectivity index (χ3v) is 3.22. The minimum atomic E-state index is 0.693. The van der Waals surface area contributed by atoms with Crippen LogP contribution in [-0.2, 0) is 6.54 Å². The summed E-state index contributed by atoms with van der Waals surface area (Å²) in [4.78, 5) is 5.34. The van der Waals surface area contributed by atoms with Crippen LogP contribution < -0.4 is 11.6 Å². The molecule has 2 heterocycles. The highest BCUT2D eigenvalue weighted by molar-refractivity contribution is 8.00. The summed E-state index contributed by atoms with van der Waals surface area (Å²) in [6, 6.07) is 0. The second kappa shape index (κ2) is 4.63. The monoisotopic (exact) mass is 237 g/mol. The zero-order valence-electron chi connectivity index (χ0n) is 9.13. The molecular weight excluding hydrogens is 222 g/mol. The van der Waals surface area contributed by atoms with Gasteiger partial charge in [-0.2, -0.15) is 0 Å². The number of hydrogen-bond acceptors (Lipinski definition) is 5. The number of nitrogens with zero attached hydrogens (tertiary/aromatic N) is 3. The zero-order chi connectivity index (χ0) is 11.5. The average molecular weight is 237 g/mol. The second-order valence-corrected chi connectivity index (χ2v) is 4.74. The average Bonchev–Trinajstić information content (AvgIpc) is 2.59. The molecule has 0 aliphatic carbocycles. The van der Waals surface area contributed by atoms with Gasteiger partial charge in [-0.25, -0.2) is 10.8 Å². The molecular formula is C10H15N5S. The Bertz CT molecular complexity index is 434. The highest BCUT2D eigenvalue weighted by Crippen LogP contribution is 2.27. The molecule has 0 bridgehead atoms. The molecule has 0 radical (unpaired) electrons. The van der Waals surface area contributed by atoms with Crippen LogP contribution in [0.1, 0.15) is 12.2 Å². The second-order valence-electron chi connectivity index (χ2n) is 3.61. The molecule has 1 aromatic rings. The Balaban J connectivity index is 1.96. The van der Waals surface area contributed by atoms with Gasteiger partial charge in [0.2, 0.25) is 0 Å². The minimum Gasteiger partial charge on any atom is -0.397 e. The van der Waals surface area contributed by atoms with Crippen LogP contribution in [0.15, 0.2) is 35.3 Å². The summed E-state index contributed by atoms with van der Waals surface area (Å²) in [7, 11) is 0. The van der Waals surface area contributed by atoms with Crippen LogP contribution in [0.4, 0.5) is 0 Å². The van der Waals surface area contributed by atoms with E-state index in [1.165, 1.54) is 16.4 Å². The van der Waals surface area contributed by atoms with Gasteiger partial charge < -0.3 is 10.3 Å². The van der Waals surface area contributed by atoms with Crippen molar-refractivity contribution in [2.45, 2.75) is 19.9 Å². The predicted molar refractivity (Wildman–Crippen MR) is 65.6 cm³/mol. The van der Waals surface area contributed by atoms with Crippen LogP contribution in [0.3, 0.4) is 0 Å². The van der Waals surface area contributed by atoms with E-state index in [0.717, 1.165) is 23.7 Å². The summed E-state index contributed by atoms with van der Waals surface area (Å²) in [6.45, 7) is 2.89. The lowest BCUT2D eigenvalue weighted by Crippen LogP contribution is -2.21. The van der Waals surface area contributed by atoms with Gasteiger partial charge in [-0.1, -0.05) is 0 Å². The van der Waals surface area contributed by atoms with E-state index in [-0.39, 0.29) is 0 Å². The molecule has 0 fully saturated rings. The van der Waals surface area contributed by atoms with E-state index in [9.17, 15) is 0 Å². The Hall–Kier alpha value is -1.40. The van der Waals surface area contributed by atoms with Crippen LogP contribution in [-0.4, -0.2) is 14.0 Å². The van der Waals surface area contributed by atoms with Gasteiger partial charge in [0.1, 0.15) is 5.82 Å². The van der Waals surface area contributed by atoms with Crippen LogP contribution in [0, 0.1) is 6.92 Å². The molecule has 0 atom stereocenters. The molecule has 2 rings (SSSR count). The Morgan fingerprint density at radius 3 is 2.94 bits per heavy atom. The number of imidazole rings is 1. The molecule has 0 spiro atoms. The topological polar surface area (TPSA) is 73.1 Å². The Morgan fingerprint density at radius 2 is 2.31 bits per heavy atom. The number of hydrazine groups is 1. The van der Waals surface area contributed by atoms with Crippen molar-refractivity contribution in [3.05, 3.63) is 41.1 Å². The molecule has 16 heavy (non-hydrogen) atoms. The van der Waals surface area contributed by atoms with E-state index in [1.54, 1.807) is 12.4 Å². The van der Waals surface area contributed by atoms with E-state index in [1.807, 2.05) is 19.2 Å². The fraction of sp³-hybridized carbons (Fsp3) is 0.300. The standard InChI is InChI=1S/C10H15N5S/c1-8-13-3-5-14(8)4-2-10-6-9(11)7-15(12)16-10/h3,5-7H,2,4,11-12H2,1H3. The molecule has 1 aromatic heterocycles. The van der Waals surface area contributed by atoms with Crippen LogP contribution in [0.5, 0.6) is 0 Å². The molecule has 0 saturated heterocycles. The van der Waals surface area contributed by atoms with Gasteiger partial charge in [0.05, 0.1) is 11.9 Å². The Kier molecular flexibility index (Phi) is 3.21. The third kappa shape index (κ3) is 2.59. The summed E-state index contributed by atoms with van der Waals surface area (Å²) >= 11 is 1.50. The quantitative estimate of drug-likeness (QED) is 0.608. The Morgan fingerprint density at radius 1 is 1.50 bits per heavy atom. The number of aryl methyl sites for hydroxylation is 2. The smallest absolute Gasteiger partial charge is 0.105 e. The number of aromatic nitrogens is 2. The molecule has 5 nitrogen and oxygen atoms in total. The lowest BCUT2D eigenvalue weighted by molar-refractivity contribution is 0.650. The van der Waals surface area contributed by atoms with Crippen molar-refractivity contribution in [2.75, 3.05) is 0 Å². The van der Waals surface area contributed by atoms with Crippen molar-refractivity contribution < 1.29 is 0 Å². The van der Waals surface area contributed by atoms with E-state index >= 15 is 0 Å². The third-order valence-electron chi connectivity index (χ3n) is 2.35. The van der Waals surface area contributed by atoms with Gasteiger partial charge in [0.25, 0.3) is 0 Å². The number of hydrogen-bond donors (Lipinski definition) is 2. The molecule has 86 valence electrons. The molecule has 0 aromatic carbocycles. The predicted octanol–water partition coefficient (Wildman–Crippen LogP) is 1.10. The first kappa shape index (κ1) is 11.1. The summed E-state index contributed by atoms with van der Waals surface area (Å²) in [5.41, 5.74) is 6.42. The van der Waals surface area contributed by atoms with Gasteiger partial charge in [-0.05, 0) is 31.4 Å². The van der Waals surface area contributed by atoms with Gasteiger partial charge in [0, 0.05) is 23.8 Å². The van der Waals surface area contributed by atoms with Gasteiger partial charge in [0.15, 0.2) is 0 Å². The van der Waals surface area contributed by atoms with E-state index in [2.05, 4.69) is 9.55 Å². The fourth-order valence-electron chi connectivity index (χ4n) is 1.55. The number of allylic oxidation sites excluding steroid dienone is 2. The zero-order valence-corrected chi connectivity index (χ0v) is 9.94. The van der Waals surface area contributed by atoms with Crippen molar-refractivity contribution >= 4 is 11.9 Å². The largest absolute Gasteiger partial charge is 0.397 e. The normalized spacial score (nSPS) is 16.0. The van der Waals surface area contributed by atoms with Gasteiger partial charge in [-0.3, -0.25) is 4.41 Å². The Labute approximate surface area is 98.9 Å². The van der Waals surface area contributed by atoms with Crippen LogP contribution >= 0.6 is 11.9 Å². The van der Waals surface area contributed by atoms with E-state index in [0.29, 0.717) is 5.70 Å². The van der Waals surface area contributed by atoms with Gasteiger partial charge in [-0.15, -0.1) is 0 Å². The lowest BCUT2D eigenvalue weighted by atomic mass is 10.3. The lowest BCUT2D eigenvalue weighted by Gasteiger charge is -2.19. The maximum atomic E-state index is 5.72. The highest BCUT2D eigenvalue weighted by atomic mass is 32.2. The highest BCUT2D eigenvalue weighted by Gasteiger charge is 2.09. The first-order valence-electron chi connectivity index (χ1n) is 5.02. The molecule has 0 saturated carbocycles. The summed E-state index contributed by atoms with van der Waals surface area (Å²) in [5, 5.41) is 0. The molecule has 1 aliphatic rings. The number of rotatable bonds is 3. The maximum Gasteiger partial charge on any atom is 0.105 e. The SMILES string of the molecule is Cc1nccn1CCC1=CC(N)=CN(N)S1. The molecule has 1 aliphatic heterocycles. The summed E-state index contributed by atoms with van der Waals surface area (Å²) < 4.78 is 3.64. The first-order chi connectivity index (χ1) is 7.65. The van der Waals surface area contributed by atoms with Crippen molar-refractivity contribution in [3.8, 4) is 0 Å². The van der Waals surface area contributed by atoms with Crippen molar-refractivity contribution in [1.29, 1.82) is 0 Å². The van der Waals surface area contributed by atoms with Crippen LogP contribution in [0.2, 0.25) is 0 Å². The molecule has 0 amide bonds. The first-order valence-corrected chi connectivity index (χ1v) is 5.80. The van der Waals surface area contributed by atoms with Crippen molar-refractivity contribution in [2.24, 2.45) is 11.6 Å². The summed E-state index contributed by atoms with van der Waals surface area (Å²) in [5.74, 6) is 6.70. The van der Waals surface area contributed by atoms with Crippen molar-refractivity contribution in [1.82, 2.24) is 14.0 Å². The van der Waals surface area contributed by atoms with E-state index in [4.69, 9.17) is 11.6 Å². The molecule has 4 N–H and O–H groups in total. The fourth-order valence-corrected chi connectivity index (χ4v) is 2.36. The molecule has 6 heteroatoms. The van der Waals surface area contributed by atoms with E-state index < -0.39 is 0 Å².